The van der Waals surface area contributed by atoms with Gasteiger partial charge in [-0.1, -0.05) is 48.8 Å². The molecule has 0 spiro atoms. The van der Waals surface area contributed by atoms with Crippen molar-refractivity contribution in [3.63, 3.8) is 0 Å². The minimum atomic E-state index is 0.230. The summed E-state index contributed by atoms with van der Waals surface area (Å²) >= 11 is 12.2. The lowest BCUT2D eigenvalue weighted by Crippen LogP contribution is -2.44. The van der Waals surface area contributed by atoms with E-state index in [1.165, 1.54) is 0 Å². The first-order valence-electron chi connectivity index (χ1n) is 8.74. The average Bonchev–Trinajstić information content (AvgIpc) is 2.64. The lowest BCUT2D eigenvalue weighted by atomic mass is 9.80. The summed E-state index contributed by atoms with van der Waals surface area (Å²) in [7, 11) is 0. The Bertz CT molecular complexity index is 702. The molecule has 1 saturated heterocycles. The van der Waals surface area contributed by atoms with Crippen LogP contribution >= 0.6 is 23.2 Å². The van der Waals surface area contributed by atoms with Gasteiger partial charge in [-0.3, -0.25) is 4.99 Å². The van der Waals surface area contributed by atoms with Crippen LogP contribution < -0.4 is 5.73 Å². The lowest BCUT2D eigenvalue weighted by molar-refractivity contribution is 0.176. The van der Waals surface area contributed by atoms with Crippen molar-refractivity contribution in [2.75, 3.05) is 19.6 Å². The van der Waals surface area contributed by atoms with Gasteiger partial charge in [0.15, 0.2) is 0 Å². The predicted molar refractivity (Wildman–Crippen MR) is 113 cm³/mol. The van der Waals surface area contributed by atoms with E-state index in [2.05, 4.69) is 28.4 Å². The second-order valence-electron chi connectivity index (χ2n) is 6.74. The SMILES string of the molecule is C=C\N=C(/C=C/N=C/Cc1cccc(Cl)c1Cl)N1CCC(C)(CN)CC1. The summed E-state index contributed by atoms with van der Waals surface area (Å²) in [6.07, 6.45) is 9.76. The van der Waals surface area contributed by atoms with Gasteiger partial charge in [0.1, 0.15) is 5.84 Å². The molecule has 26 heavy (non-hydrogen) atoms. The van der Waals surface area contributed by atoms with Crippen molar-refractivity contribution >= 4 is 35.3 Å². The molecule has 140 valence electrons. The summed E-state index contributed by atoms with van der Waals surface area (Å²) in [4.78, 5) is 11.0. The van der Waals surface area contributed by atoms with Crippen LogP contribution in [0.2, 0.25) is 10.0 Å². The van der Waals surface area contributed by atoms with Crippen LogP contribution in [-0.2, 0) is 6.42 Å². The van der Waals surface area contributed by atoms with Crippen LogP contribution in [0.15, 0.2) is 53.2 Å². The molecule has 0 atom stereocenters. The van der Waals surface area contributed by atoms with Gasteiger partial charge >= 0.3 is 0 Å². The number of nitrogens with two attached hydrogens (primary N) is 1. The van der Waals surface area contributed by atoms with Gasteiger partial charge in [-0.2, -0.15) is 0 Å². The third kappa shape index (κ3) is 5.70. The van der Waals surface area contributed by atoms with Gasteiger partial charge in [0.2, 0.25) is 0 Å². The van der Waals surface area contributed by atoms with Crippen LogP contribution in [0.3, 0.4) is 0 Å². The fourth-order valence-electron chi connectivity index (χ4n) is 2.83. The number of aliphatic imine (C=N–C) groups is 2. The Labute approximate surface area is 166 Å². The van der Waals surface area contributed by atoms with Crippen LogP contribution in [0.4, 0.5) is 0 Å². The number of piperidine rings is 1. The molecule has 1 aromatic carbocycles. The minimum absolute atomic E-state index is 0.230. The van der Waals surface area contributed by atoms with E-state index in [-0.39, 0.29) is 5.41 Å². The third-order valence-electron chi connectivity index (χ3n) is 4.77. The number of hydrogen-bond acceptors (Lipinski definition) is 3. The molecule has 0 amide bonds. The molecule has 1 heterocycles. The van der Waals surface area contributed by atoms with E-state index < -0.39 is 0 Å². The van der Waals surface area contributed by atoms with E-state index in [0.29, 0.717) is 16.5 Å². The first-order chi connectivity index (χ1) is 12.5. The summed E-state index contributed by atoms with van der Waals surface area (Å²) < 4.78 is 0. The van der Waals surface area contributed by atoms with Crippen molar-refractivity contribution in [1.82, 2.24) is 4.90 Å². The molecule has 2 N–H and O–H groups in total. The zero-order chi connectivity index (χ0) is 19.0. The average molecular weight is 393 g/mol. The van der Waals surface area contributed by atoms with E-state index in [0.717, 1.165) is 43.9 Å². The fourth-order valence-corrected chi connectivity index (χ4v) is 3.23. The second kappa shape index (κ2) is 9.91. The molecule has 1 fully saturated rings. The molecule has 0 radical (unpaired) electrons. The molecule has 0 bridgehead atoms. The summed E-state index contributed by atoms with van der Waals surface area (Å²) in [6, 6.07) is 5.60. The van der Waals surface area contributed by atoms with Crippen LogP contribution in [0.5, 0.6) is 0 Å². The molecule has 0 unspecified atom stereocenters. The predicted octanol–water partition coefficient (Wildman–Crippen LogP) is 4.72. The molecule has 0 aliphatic carbocycles. The molecule has 2 rings (SSSR count). The number of benzene rings is 1. The van der Waals surface area contributed by atoms with Crippen molar-refractivity contribution in [3.8, 4) is 0 Å². The number of likely N-dealkylation sites (tertiary alicyclic amines) is 1. The van der Waals surface area contributed by atoms with Gasteiger partial charge in [-0.25, -0.2) is 4.99 Å². The second-order valence-corrected chi connectivity index (χ2v) is 7.52. The Morgan fingerprint density at radius 3 is 2.73 bits per heavy atom. The molecule has 0 saturated carbocycles. The number of amidine groups is 1. The van der Waals surface area contributed by atoms with Gasteiger partial charge < -0.3 is 10.6 Å². The van der Waals surface area contributed by atoms with E-state index >= 15 is 0 Å². The molecule has 4 nitrogen and oxygen atoms in total. The summed E-state index contributed by atoms with van der Waals surface area (Å²) in [5.41, 5.74) is 7.07. The minimum Gasteiger partial charge on any atom is -0.357 e. The quantitative estimate of drug-likeness (QED) is 0.562. The Morgan fingerprint density at radius 1 is 1.35 bits per heavy atom. The number of halogens is 2. The maximum absolute atomic E-state index is 6.18. The van der Waals surface area contributed by atoms with Crippen molar-refractivity contribution in [1.29, 1.82) is 0 Å². The summed E-state index contributed by atoms with van der Waals surface area (Å²) in [5, 5.41) is 1.14. The molecular formula is C20H26Cl2N4. The van der Waals surface area contributed by atoms with Gasteiger partial charge in [-0.15, -0.1) is 0 Å². The highest BCUT2D eigenvalue weighted by molar-refractivity contribution is 6.42. The Morgan fingerprint density at radius 2 is 2.08 bits per heavy atom. The fraction of sp³-hybridized carbons (Fsp3) is 0.400. The number of hydrogen-bond donors (Lipinski definition) is 1. The normalized spacial score (nSPS) is 18.0. The highest BCUT2D eigenvalue weighted by Gasteiger charge is 2.29. The zero-order valence-electron chi connectivity index (χ0n) is 15.2. The molecule has 1 aromatic rings. The van der Waals surface area contributed by atoms with Crippen LogP contribution in [0.1, 0.15) is 25.3 Å². The first kappa shape index (κ1) is 20.7. The third-order valence-corrected chi connectivity index (χ3v) is 5.63. The van der Waals surface area contributed by atoms with E-state index in [1.54, 1.807) is 24.7 Å². The smallest absolute Gasteiger partial charge is 0.129 e. The Hall–Kier alpha value is -1.62. The number of nitrogens with zero attached hydrogens (tertiary/aromatic N) is 3. The number of rotatable bonds is 6. The van der Waals surface area contributed by atoms with E-state index in [4.69, 9.17) is 28.9 Å². The van der Waals surface area contributed by atoms with Crippen molar-refractivity contribution in [3.05, 3.63) is 58.9 Å². The molecule has 1 aliphatic rings. The molecule has 6 heteroatoms. The Balaban J connectivity index is 1.94. The van der Waals surface area contributed by atoms with Gasteiger partial charge in [0.05, 0.1) is 10.0 Å². The summed E-state index contributed by atoms with van der Waals surface area (Å²) in [5.74, 6) is 0.872. The summed E-state index contributed by atoms with van der Waals surface area (Å²) in [6.45, 7) is 8.55. The maximum atomic E-state index is 6.18. The molecule has 0 aromatic heterocycles. The van der Waals surface area contributed by atoms with Crippen molar-refractivity contribution in [2.45, 2.75) is 26.2 Å². The van der Waals surface area contributed by atoms with Crippen LogP contribution in [-0.4, -0.2) is 36.6 Å². The molecular weight excluding hydrogens is 367 g/mol. The van der Waals surface area contributed by atoms with Gasteiger partial charge in [-0.05, 0) is 42.5 Å². The monoisotopic (exact) mass is 392 g/mol. The van der Waals surface area contributed by atoms with Crippen LogP contribution in [0.25, 0.3) is 0 Å². The van der Waals surface area contributed by atoms with Crippen molar-refractivity contribution < 1.29 is 0 Å². The largest absolute Gasteiger partial charge is 0.357 e. The highest BCUT2D eigenvalue weighted by Crippen LogP contribution is 2.29. The maximum Gasteiger partial charge on any atom is 0.129 e. The topological polar surface area (TPSA) is 54.0 Å². The molecule has 1 aliphatic heterocycles. The van der Waals surface area contributed by atoms with Gasteiger partial charge in [0.25, 0.3) is 0 Å². The van der Waals surface area contributed by atoms with Gasteiger partial charge in [0, 0.05) is 38.1 Å². The zero-order valence-corrected chi connectivity index (χ0v) is 16.7. The van der Waals surface area contributed by atoms with Crippen molar-refractivity contribution in [2.24, 2.45) is 21.1 Å². The first-order valence-corrected chi connectivity index (χ1v) is 9.49. The highest BCUT2D eigenvalue weighted by atomic mass is 35.5. The lowest BCUT2D eigenvalue weighted by Gasteiger charge is -2.39. The Kier molecular flexibility index (Phi) is 7.88. The van der Waals surface area contributed by atoms with E-state index in [9.17, 15) is 0 Å². The van der Waals surface area contributed by atoms with E-state index in [1.807, 2.05) is 18.2 Å². The standard InChI is InChI=1S/C20H26Cl2N4/c1-3-25-18(26-13-9-20(2,15-23)10-14-26)8-12-24-11-7-16-5-4-6-17(21)19(16)22/h3-6,8,11-12H,1,7,9-10,13-15,23H2,2H3/b12-8+,24-11+,25-18+. The van der Waals surface area contributed by atoms with Crippen LogP contribution in [0, 0.1) is 5.41 Å².